The van der Waals surface area contributed by atoms with E-state index in [0.29, 0.717) is 0 Å². The van der Waals surface area contributed by atoms with Gasteiger partial charge in [-0.2, -0.15) is 0 Å². The topological polar surface area (TPSA) is 0 Å². The van der Waals surface area contributed by atoms with Crippen molar-refractivity contribution < 1.29 is 0 Å². The molecule has 0 aliphatic heterocycles. The maximum atomic E-state index is 2.38. The van der Waals surface area contributed by atoms with E-state index in [1.165, 1.54) is 64.2 Å². The standard InChI is InChI=1S/C20H44Si/c1-5-9-13-15-19-21(17-11-7-3,18-12-8-4)20-16-14-10-6-2/h5-20H2,1-4H3. The largest absolute Gasteiger partial charge is 0.0654 e. The first-order valence-corrected chi connectivity index (χ1v) is 13.1. The van der Waals surface area contributed by atoms with Crippen molar-refractivity contribution in [1.82, 2.24) is 0 Å². The van der Waals surface area contributed by atoms with Crippen LogP contribution < -0.4 is 0 Å². The normalized spacial score (nSPS) is 12.0. The van der Waals surface area contributed by atoms with Gasteiger partial charge in [0.15, 0.2) is 0 Å². The first-order valence-electron chi connectivity index (χ1n) is 10.2. The number of hydrogen-bond acceptors (Lipinski definition) is 0. The Bertz CT molecular complexity index is 178. The van der Waals surface area contributed by atoms with Gasteiger partial charge in [0.25, 0.3) is 0 Å². The molecule has 0 aromatic carbocycles. The summed E-state index contributed by atoms with van der Waals surface area (Å²) < 4.78 is 0. The van der Waals surface area contributed by atoms with Crippen molar-refractivity contribution in [1.29, 1.82) is 0 Å². The van der Waals surface area contributed by atoms with Crippen molar-refractivity contribution in [2.24, 2.45) is 0 Å². The third-order valence-electron chi connectivity index (χ3n) is 5.24. The summed E-state index contributed by atoms with van der Waals surface area (Å²) in [6.07, 6.45) is 17.6. The smallest absolute Gasteiger partial charge is 0.0535 e. The molecule has 0 bridgehead atoms. The van der Waals surface area contributed by atoms with Gasteiger partial charge in [0.1, 0.15) is 0 Å². The van der Waals surface area contributed by atoms with E-state index in [1.807, 2.05) is 0 Å². The van der Waals surface area contributed by atoms with Crippen LogP contribution in [0.15, 0.2) is 0 Å². The van der Waals surface area contributed by atoms with Crippen molar-refractivity contribution in [3.05, 3.63) is 0 Å². The van der Waals surface area contributed by atoms with Crippen molar-refractivity contribution in [3.63, 3.8) is 0 Å². The molecule has 0 aliphatic carbocycles. The first kappa shape index (κ1) is 21.2. The summed E-state index contributed by atoms with van der Waals surface area (Å²) in [5.74, 6) is 0. The second-order valence-corrected chi connectivity index (χ2v) is 12.3. The molecular weight excluding hydrogens is 268 g/mol. The van der Waals surface area contributed by atoms with Crippen LogP contribution in [0.4, 0.5) is 0 Å². The minimum absolute atomic E-state index is 0.937. The Kier molecular flexibility index (Phi) is 15.3. The Morgan fingerprint density at radius 2 is 0.714 bits per heavy atom. The van der Waals surface area contributed by atoms with E-state index in [1.54, 1.807) is 37.0 Å². The fourth-order valence-electron chi connectivity index (χ4n) is 3.71. The summed E-state index contributed by atoms with van der Waals surface area (Å²) >= 11 is 0. The molecular formula is C20H44Si. The van der Waals surface area contributed by atoms with Crippen molar-refractivity contribution in [3.8, 4) is 0 Å². The lowest BCUT2D eigenvalue weighted by Gasteiger charge is -2.32. The van der Waals surface area contributed by atoms with Gasteiger partial charge in [-0.15, -0.1) is 0 Å². The van der Waals surface area contributed by atoms with Gasteiger partial charge >= 0.3 is 0 Å². The molecule has 0 amide bonds. The molecule has 0 aromatic rings. The van der Waals surface area contributed by atoms with Crippen molar-refractivity contribution in [2.45, 2.75) is 129 Å². The second-order valence-electron chi connectivity index (χ2n) is 7.33. The molecule has 0 nitrogen and oxygen atoms in total. The van der Waals surface area contributed by atoms with Crippen LogP contribution in [0.5, 0.6) is 0 Å². The number of hydrogen-bond donors (Lipinski definition) is 0. The van der Waals surface area contributed by atoms with Gasteiger partial charge in [0, 0.05) is 0 Å². The van der Waals surface area contributed by atoms with E-state index < -0.39 is 8.07 Å². The first-order chi connectivity index (χ1) is 10.2. The quantitative estimate of drug-likeness (QED) is 0.199. The fourth-order valence-corrected chi connectivity index (χ4v) is 9.41. The van der Waals surface area contributed by atoms with Crippen LogP contribution in [0.1, 0.15) is 105 Å². The molecule has 128 valence electrons. The van der Waals surface area contributed by atoms with Gasteiger partial charge in [-0.3, -0.25) is 0 Å². The molecule has 0 aromatic heterocycles. The zero-order chi connectivity index (χ0) is 15.8. The van der Waals surface area contributed by atoms with E-state index >= 15 is 0 Å². The lowest BCUT2D eigenvalue weighted by molar-refractivity contribution is 0.669. The van der Waals surface area contributed by atoms with Gasteiger partial charge in [-0.05, 0) is 0 Å². The lowest BCUT2D eigenvalue weighted by atomic mass is 10.2. The lowest BCUT2D eigenvalue weighted by Crippen LogP contribution is -2.33. The van der Waals surface area contributed by atoms with Gasteiger partial charge < -0.3 is 0 Å². The molecule has 0 rings (SSSR count). The summed E-state index contributed by atoms with van der Waals surface area (Å²) in [6.45, 7) is 9.44. The third kappa shape index (κ3) is 11.4. The third-order valence-corrected chi connectivity index (χ3v) is 10.9. The Morgan fingerprint density at radius 1 is 0.381 bits per heavy atom. The van der Waals surface area contributed by atoms with Crippen LogP contribution in [-0.2, 0) is 0 Å². The van der Waals surface area contributed by atoms with Crippen LogP contribution in [0.2, 0.25) is 24.2 Å². The molecule has 0 unspecified atom stereocenters. The fraction of sp³-hybridized carbons (Fsp3) is 1.00. The second kappa shape index (κ2) is 15.1. The summed E-state index contributed by atoms with van der Waals surface area (Å²) in [6, 6.07) is 6.59. The zero-order valence-corrected chi connectivity index (χ0v) is 16.8. The van der Waals surface area contributed by atoms with Crippen LogP contribution >= 0.6 is 0 Å². The molecule has 0 saturated heterocycles. The van der Waals surface area contributed by atoms with Crippen LogP contribution in [0.25, 0.3) is 0 Å². The highest BCUT2D eigenvalue weighted by atomic mass is 28.3. The maximum absolute atomic E-state index is 2.38. The summed E-state index contributed by atoms with van der Waals surface area (Å²) in [7, 11) is -0.937. The zero-order valence-electron chi connectivity index (χ0n) is 15.8. The summed E-state index contributed by atoms with van der Waals surface area (Å²) in [4.78, 5) is 0. The highest BCUT2D eigenvalue weighted by Crippen LogP contribution is 2.34. The number of unbranched alkanes of at least 4 members (excludes halogenated alkanes) is 8. The minimum atomic E-state index is -0.937. The molecule has 0 spiro atoms. The van der Waals surface area contributed by atoms with Gasteiger partial charge in [0.05, 0.1) is 8.07 Å². The Balaban J connectivity index is 4.43. The Hall–Kier alpha value is 0.217. The molecule has 0 saturated carbocycles. The number of rotatable bonds is 16. The predicted octanol–water partition coefficient (Wildman–Crippen LogP) is 8.20. The maximum Gasteiger partial charge on any atom is 0.0535 e. The predicted molar refractivity (Wildman–Crippen MR) is 103 cm³/mol. The monoisotopic (exact) mass is 312 g/mol. The average Bonchev–Trinajstić information content (AvgIpc) is 2.51. The van der Waals surface area contributed by atoms with Crippen LogP contribution in [-0.4, -0.2) is 8.07 Å². The van der Waals surface area contributed by atoms with Crippen LogP contribution in [0, 0.1) is 0 Å². The highest BCUT2D eigenvalue weighted by Gasteiger charge is 2.30. The van der Waals surface area contributed by atoms with Gasteiger partial charge in [0.2, 0.25) is 0 Å². The van der Waals surface area contributed by atoms with E-state index in [0.717, 1.165) is 0 Å². The minimum Gasteiger partial charge on any atom is -0.0654 e. The molecule has 0 atom stereocenters. The molecule has 0 heterocycles. The highest BCUT2D eigenvalue weighted by molar-refractivity contribution is 6.79. The molecule has 0 radical (unpaired) electrons. The summed E-state index contributed by atoms with van der Waals surface area (Å²) in [5, 5.41) is 0. The SMILES string of the molecule is CCCCCC[Si](CCCC)(CCCC)CCCCCC. The molecule has 1 heteroatoms. The van der Waals surface area contributed by atoms with Gasteiger partial charge in [-0.25, -0.2) is 0 Å². The van der Waals surface area contributed by atoms with Crippen LogP contribution in [0.3, 0.4) is 0 Å². The molecule has 21 heavy (non-hydrogen) atoms. The average molecular weight is 313 g/mol. The van der Waals surface area contributed by atoms with Crippen molar-refractivity contribution in [2.75, 3.05) is 0 Å². The Labute approximate surface area is 137 Å². The van der Waals surface area contributed by atoms with E-state index in [-0.39, 0.29) is 0 Å². The van der Waals surface area contributed by atoms with Gasteiger partial charge in [-0.1, -0.05) is 129 Å². The van der Waals surface area contributed by atoms with Crippen molar-refractivity contribution >= 4 is 8.07 Å². The molecule has 0 fully saturated rings. The summed E-state index contributed by atoms with van der Waals surface area (Å²) in [5.41, 5.74) is 0. The molecule has 0 aliphatic rings. The van der Waals surface area contributed by atoms with E-state index in [9.17, 15) is 0 Å². The van der Waals surface area contributed by atoms with E-state index in [4.69, 9.17) is 0 Å². The Morgan fingerprint density at radius 3 is 1.05 bits per heavy atom. The van der Waals surface area contributed by atoms with E-state index in [2.05, 4.69) is 27.7 Å². The molecule has 0 N–H and O–H groups in total.